The van der Waals surface area contributed by atoms with Crippen LogP contribution in [0, 0.1) is 17.8 Å². The first kappa shape index (κ1) is 65.1. The van der Waals surface area contributed by atoms with Crippen LogP contribution >= 0.6 is 18.9 Å². The highest BCUT2D eigenvalue weighted by atomic mass is 32.1. The van der Waals surface area contributed by atoms with Gasteiger partial charge in [-0.05, 0) is 128 Å². The normalized spacial score (nSPS) is 21.7. The van der Waals surface area contributed by atoms with Gasteiger partial charge in [-0.25, -0.2) is 4.39 Å². The second kappa shape index (κ2) is 27.2. The van der Waals surface area contributed by atoms with Gasteiger partial charge < -0.3 is 46.1 Å². The second-order valence-electron chi connectivity index (χ2n) is 24.4. The number of amides is 8. The highest BCUT2D eigenvalue weighted by molar-refractivity contribution is 7.52. The number of alkyl halides is 3. The average molecular weight is 1260 g/mol. The van der Waals surface area contributed by atoms with Gasteiger partial charge in [0.05, 0.1) is 10.9 Å². The van der Waals surface area contributed by atoms with Gasteiger partial charge in [0.25, 0.3) is 11.8 Å². The number of piperidine rings is 2. The summed E-state index contributed by atoms with van der Waals surface area (Å²) in [7, 11) is -5.90. The van der Waals surface area contributed by atoms with Crippen molar-refractivity contribution in [3.05, 3.63) is 105 Å². The lowest BCUT2D eigenvalue weighted by atomic mass is 9.85. The molecule has 0 saturated carbocycles. The van der Waals surface area contributed by atoms with Gasteiger partial charge in [0, 0.05) is 72.9 Å². The van der Waals surface area contributed by atoms with E-state index >= 15 is 0 Å². The van der Waals surface area contributed by atoms with E-state index in [2.05, 4.69) is 58.8 Å². The number of thiophene rings is 1. The molecule has 1 aromatic heterocycles. The standard InChI is InChI=1S/C62H73F3N9O12PS/c1-61(2,3)40-13-11-38(12-14-40)54(72-28-23-36(24-29-72)7-4-5-8-37-9-6-10-43-44(37)33-73(59(43)82)48-19-22-53(77)70-56(48)79)47(35-75)69-55(78)45(17-21-52(66)76)67-57(80)49-18-16-42-25-27-71(30-26-63)34-46(60(83)74(42)49)68-58(81)51-32-39-31-41(15-20-50(39)88-51)62(64,65)87(84,85)86/h6,9-15,20,31-32,35-36,42,45-49,54H,4,7,16-19,21-30,33-34H2,1-3H3,(H2,66,76)(H,67,80)(H,68,81)(H,69,78)(H,70,77,79)(H2,84,85,86)/t42-,45+,46+,47-,48?,49+,54?/m1/s1. The Bertz CT molecular complexity index is 3480. The summed E-state index contributed by atoms with van der Waals surface area (Å²) in [5, 5.41) is 10.7. The number of carbonyl (C=O) groups is 9. The molecule has 0 spiro atoms. The molecule has 88 heavy (non-hydrogen) atoms. The zero-order valence-electron chi connectivity index (χ0n) is 49.1. The maximum Gasteiger partial charge on any atom is 0.399 e. The van der Waals surface area contributed by atoms with Gasteiger partial charge in [0.2, 0.25) is 35.4 Å². The van der Waals surface area contributed by atoms with Crippen molar-refractivity contribution >= 4 is 82.6 Å². The lowest BCUT2D eigenvalue weighted by Crippen LogP contribution is -2.62. The second-order valence-corrected chi connectivity index (χ2v) is 27.1. The van der Waals surface area contributed by atoms with E-state index in [4.69, 9.17) is 5.73 Å². The van der Waals surface area contributed by atoms with Crippen molar-refractivity contribution in [2.75, 3.05) is 39.4 Å². The number of primary amides is 1. The molecular weight excluding hydrogens is 1180 g/mol. The molecule has 7 atom stereocenters. The Kier molecular flexibility index (Phi) is 20.1. The van der Waals surface area contributed by atoms with E-state index < -0.39 is 103 Å². The summed E-state index contributed by atoms with van der Waals surface area (Å²) in [5.74, 6) is 1.89. The van der Waals surface area contributed by atoms with Gasteiger partial charge in [-0.1, -0.05) is 69.0 Å². The molecule has 5 aliphatic heterocycles. The van der Waals surface area contributed by atoms with Crippen LogP contribution in [0.4, 0.5) is 13.2 Å². The lowest BCUT2D eigenvalue weighted by Gasteiger charge is -2.40. The minimum atomic E-state index is -5.90. The number of halogens is 3. The molecule has 9 rings (SSSR count). The van der Waals surface area contributed by atoms with Crippen molar-refractivity contribution in [1.29, 1.82) is 0 Å². The minimum Gasteiger partial charge on any atom is -0.370 e. The van der Waals surface area contributed by atoms with Crippen molar-refractivity contribution in [2.45, 2.75) is 151 Å². The van der Waals surface area contributed by atoms with Crippen LogP contribution < -0.4 is 27.0 Å². The Morgan fingerprint density at radius 3 is 2.32 bits per heavy atom. The quantitative estimate of drug-likeness (QED) is 0.0264. The molecule has 5 aliphatic rings. The molecule has 8 amide bonds. The number of fused-ring (bicyclic) bond motifs is 3. The van der Waals surface area contributed by atoms with Crippen molar-refractivity contribution in [3.63, 3.8) is 0 Å². The number of carbonyl (C=O) groups excluding carboxylic acids is 9. The molecule has 0 aliphatic carbocycles. The zero-order chi connectivity index (χ0) is 63.4. The average Bonchev–Trinajstić information content (AvgIpc) is 2.39. The summed E-state index contributed by atoms with van der Waals surface area (Å²) in [5.41, 5.74) is 3.63. The first-order chi connectivity index (χ1) is 41.8. The minimum absolute atomic E-state index is 0.0352. The largest absolute Gasteiger partial charge is 0.399 e. The number of nitrogens with two attached hydrogens (primary N) is 1. The number of likely N-dealkylation sites (tertiary alicyclic amines) is 1. The summed E-state index contributed by atoms with van der Waals surface area (Å²) in [6, 6.07) is 10.2. The van der Waals surface area contributed by atoms with E-state index in [1.54, 1.807) is 17.0 Å². The van der Waals surface area contributed by atoms with Crippen LogP contribution in [-0.4, -0.2) is 159 Å². The number of benzene rings is 3. The smallest absolute Gasteiger partial charge is 0.370 e. The Morgan fingerprint density at radius 2 is 1.65 bits per heavy atom. The molecular formula is C62H73F3N9O12PS. The van der Waals surface area contributed by atoms with Crippen LogP contribution in [0.15, 0.2) is 66.7 Å². The highest BCUT2D eigenvalue weighted by Crippen LogP contribution is 2.59. The van der Waals surface area contributed by atoms with Crippen LogP contribution in [0.3, 0.4) is 0 Å². The number of hydrogen-bond acceptors (Lipinski definition) is 13. The van der Waals surface area contributed by atoms with E-state index in [1.807, 2.05) is 30.3 Å². The van der Waals surface area contributed by atoms with Gasteiger partial charge in [0.15, 0.2) is 0 Å². The molecule has 0 bridgehead atoms. The number of imide groups is 1. The van der Waals surface area contributed by atoms with Crippen LogP contribution in [0.5, 0.6) is 0 Å². The molecule has 4 fully saturated rings. The van der Waals surface area contributed by atoms with Crippen molar-refractivity contribution in [1.82, 2.24) is 40.9 Å². The predicted octanol–water partition coefficient (Wildman–Crippen LogP) is 5.04. The Morgan fingerprint density at radius 1 is 0.920 bits per heavy atom. The molecule has 2 unspecified atom stereocenters. The summed E-state index contributed by atoms with van der Waals surface area (Å²) in [6.07, 6.45) is 4.03. The van der Waals surface area contributed by atoms with E-state index in [0.717, 1.165) is 59.4 Å². The van der Waals surface area contributed by atoms with E-state index in [9.17, 15) is 70.7 Å². The number of nitrogens with zero attached hydrogens (tertiary/aromatic N) is 4. The van der Waals surface area contributed by atoms with Gasteiger partial charge >= 0.3 is 13.3 Å². The number of hydrogen-bond donors (Lipinski definition) is 7. The topological polar surface area (TPSA) is 298 Å². The Balaban J connectivity index is 0.880. The third kappa shape index (κ3) is 14.5. The first-order valence-corrected chi connectivity index (χ1v) is 32.0. The Labute approximate surface area is 511 Å². The monoisotopic (exact) mass is 1260 g/mol. The van der Waals surface area contributed by atoms with Gasteiger partial charge in [0.1, 0.15) is 43.2 Å². The highest BCUT2D eigenvalue weighted by Gasteiger charge is 2.51. The van der Waals surface area contributed by atoms with E-state index in [0.29, 0.717) is 54.5 Å². The predicted molar refractivity (Wildman–Crippen MR) is 319 cm³/mol. The van der Waals surface area contributed by atoms with Gasteiger partial charge in [-0.2, -0.15) is 8.78 Å². The lowest BCUT2D eigenvalue weighted by molar-refractivity contribution is -0.144. The van der Waals surface area contributed by atoms with Crippen LogP contribution in [-0.2, 0) is 55.8 Å². The molecule has 26 heteroatoms. The van der Waals surface area contributed by atoms with E-state index in [1.165, 1.54) is 21.9 Å². The molecule has 8 N–H and O–H groups in total. The zero-order valence-corrected chi connectivity index (χ0v) is 50.8. The molecule has 3 aromatic carbocycles. The maximum absolute atomic E-state index is 14.8. The molecule has 4 saturated heterocycles. The molecule has 470 valence electrons. The van der Waals surface area contributed by atoms with Crippen LogP contribution in [0.25, 0.3) is 10.1 Å². The van der Waals surface area contributed by atoms with Gasteiger partial charge in [-0.15, -0.1) is 11.3 Å². The summed E-state index contributed by atoms with van der Waals surface area (Å²) in [4.78, 5) is 147. The number of aldehydes is 1. The van der Waals surface area contributed by atoms with Crippen molar-refractivity contribution in [2.24, 2.45) is 11.7 Å². The first-order valence-electron chi connectivity index (χ1n) is 29.6. The summed E-state index contributed by atoms with van der Waals surface area (Å²) in [6.45, 7) is 6.79. The van der Waals surface area contributed by atoms with Gasteiger partial charge in [-0.3, -0.25) is 58.0 Å². The third-order valence-electron chi connectivity index (χ3n) is 17.5. The fourth-order valence-electron chi connectivity index (χ4n) is 12.6. The summed E-state index contributed by atoms with van der Waals surface area (Å²) >= 11 is 0.873. The van der Waals surface area contributed by atoms with Crippen molar-refractivity contribution in [3.8, 4) is 11.8 Å². The number of rotatable bonds is 20. The number of nitrogens with one attached hydrogen (secondary N) is 4. The fourth-order valence-corrected chi connectivity index (χ4v) is 14.0. The third-order valence-corrected chi connectivity index (χ3v) is 19.6. The SMILES string of the molecule is CC(C)(C)c1ccc(C([C@@H](C=O)NC(=O)[C@H](CCC(N)=O)NC(=O)[C@@H]2CC[C@@H]3CCN(CCF)C[C@H](NC(=O)c4cc5cc(C(F)(F)P(=O)(O)O)ccc5s4)C(=O)N32)N2CCC(CCC#Cc3cccc4c3CN(C3CCC(=O)NC3=O)C4=O)CC2)cc1. The fraction of sp³-hybridized carbons (Fsp3) is 0.500. The van der Waals surface area contributed by atoms with E-state index in [-0.39, 0.29) is 91.7 Å². The van der Waals surface area contributed by atoms with Crippen molar-refractivity contribution < 1.29 is 70.7 Å². The summed E-state index contributed by atoms with van der Waals surface area (Å²) < 4.78 is 55.1. The van der Waals surface area contributed by atoms with Crippen LogP contribution in [0.2, 0.25) is 0 Å². The molecule has 21 nitrogen and oxygen atoms in total. The van der Waals surface area contributed by atoms with Crippen LogP contribution in [0.1, 0.15) is 145 Å². The Hall–Kier alpha value is -7.33. The molecule has 6 heterocycles. The maximum atomic E-state index is 14.8. The molecule has 0 radical (unpaired) electrons. The molecule has 4 aromatic rings.